The van der Waals surface area contributed by atoms with Crippen LogP contribution in [0.4, 0.5) is 0 Å². The molecule has 1 atom stereocenters. The quantitative estimate of drug-likeness (QED) is 0.375. The Labute approximate surface area is 66.3 Å². The van der Waals surface area contributed by atoms with Crippen molar-refractivity contribution in [1.29, 1.82) is 0 Å². The molecule has 4 heteroatoms. The van der Waals surface area contributed by atoms with Crippen LogP contribution in [0.2, 0.25) is 0 Å². The van der Waals surface area contributed by atoms with Gasteiger partial charge in [0.25, 0.3) is 0 Å². The highest BCUT2D eigenvalue weighted by atomic mass is 16.3. The van der Waals surface area contributed by atoms with Crippen molar-refractivity contribution in [3.63, 3.8) is 0 Å². The average molecular weight is 158 g/mol. The van der Waals surface area contributed by atoms with Crippen molar-refractivity contribution in [2.45, 2.75) is 19.6 Å². The summed E-state index contributed by atoms with van der Waals surface area (Å²) < 4.78 is 0. The van der Waals surface area contributed by atoms with Crippen molar-refractivity contribution in [1.82, 2.24) is 10.6 Å². The summed E-state index contributed by atoms with van der Waals surface area (Å²) in [5.41, 5.74) is 0. The molecule has 0 aliphatic heterocycles. The fourth-order valence-corrected chi connectivity index (χ4v) is 0.463. The van der Waals surface area contributed by atoms with E-state index in [1.165, 1.54) is 6.08 Å². The second-order valence-electron chi connectivity index (χ2n) is 2.01. The van der Waals surface area contributed by atoms with Gasteiger partial charge >= 0.3 is 0 Å². The van der Waals surface area contributed by atoms with E-state index in [1.807, 2.05) is 0 Å². The molecular formula is C7H14N2O2. The van der Waals surface area contributed by atoms with Gasteiger partial charge in [-0.15, -0.1) is 0 Å². The van der Waals surface area contributed by atoms with Crippen LogP contribution in [0.5, 0.6) is 0 Å². The number of hydrogen-bond donors (Lipinski definition) is 3. The summed E-state index contributed by atoms with van der Waals surface area (Å²) in [5.74, 6) is -0.0474. The third-order valence-corrected chi connectivity index (χ3v) is 1.14. The van der Waals surface area contributed by atoms with E-state index in [9.17, 15) is 4.79 Å². The molecule has 0 radical (unpaired) electrons. The minimum Gasteiger partial charge on any atom is -0.375 e. The molecule has 1 amide bonds. The molecule has 11 heavy (non-hydrogen) atoms. The lowest BCUT2D eigenvalue weighted by Crippen LogP contribution is -2.38. The second kappa shape index (κ2) is 5.88. The predicted octanol–water partition coefficient (Wildman–Crippen LogP) is -0.436. The Morgan fingerprint density at radius 3 is 2.91 bits per heavy atom. The van der Waals surface area contributed by atoms with Gasteiger partial charge in [-0.1, -0.05) is 13.5 Å². The Hall–Kier alpha value is -0.870. The summed E-state index contributed by atoms with van der Waals surface area (Å²) in [6.45, 7) is 5.38. The van der Waals surface area contributed by atoms with E-state index in [0.29, 0.717) is 6.42 Å². The molecule has 0 saturated heterocycles. The lowest BCUT2D eigenvalue weighted by molar-refractivity contribution is -0.120. The highest BCUT2D eigenvalue weighted by molar-refractivity contribution is 5.75. The van der Waals surface area contributed by atoms with E-state index in [1.54, 1.807) is 6.92 Å². The molecule has 0 aromatic rings. The number of carbonyl (C=O) groups excluding carboxylic acids is 1. The Balaban J connectivity index is 3.26. The molecule has 3 N–H and O–H groups in total. The predicted molar refractivity (Wildman–Crippen MR) is 42.6 cm³/mol. The first-order chi connectivity index (χ1) is 5.20. The Morgan fingerprint density at radius 2 is 2.45 bits per heavy atom. The van der Waals surface area contributed by atoms with Crippen molar-refractivity contribution in [3.05, 3.63) is 12.7 Å². The van der Waals surface area contributed by atoms with Gasteiger partial charge < -0.3 is 10.4 Å². The number of aliphatic hydroxyl groups excluding tert-OH is 1. The van der Waals surface area contributed by atoms with Crippen molar-refractivity contribution < 1.29 is 9.90 Å². The summed E-state index contributed by atoms with van der Waals surface area (Å²) in [5, 5.41) is 14.0. The minimum atomic E-state index is -0.757. The standard InChI is InChI=1S/C7H14N2O2/c1-3-6(10)8-5-9-7(11)4-2/h3,6,8,10H,1,4-5H2,2H3,(H,9,11). The molecule has 0 rings (SSSR count). The van der Waals surface area contributed by atoms with E-state index in [2.05, 4.69) is 17.2 Å². The third kappa shape index (κ3) is 5.57. The third-order valence-electron chi connectivity index (χ3n) is 1.14. The van der Waals surface area contributed by atoms with Crippen LogP contribution in [0.15, 0.2) is 12.7 Å². The Bertz CT molecular complexity index is 136. The largest absolute Gasteiger partial charge is 0.375 e. The molecule has 0 fully saturated rings. The highest BCUT2D eigenvalue weighted by Gasteiger charge is 1.96. The van der Waals surface area contributed by atoms with Crippen molar-refractivity contribution in [3.8, 4) is 0 Å². The van der Waals surface area contributed by atoms with Crippen LogP contribution in [-0.2, 0) is 4.79 Å². The van der Waals surface area contributed by atoms with Gasteiger partial charge in [0, 0.05) is 6.42 Å². The lowest BCUT2D eigenvalue weighted by Gasteiger charge is -2.08. The monoisotopic (exact) mass is 158 g/mol. The van der Waals surface area contributed by atoms with E-state index in [-0.39, 0.29) is 12.6 Å². The van der Waals surface area contributed by atoms with Crippen molar-refractivity contribution in [2.75, 3.05) is 6.67 Å². The number of nitrogens with one attached hydrogen (secondary N) is 2. The fraction of sp³-hybridized carbons (Fsp3) is 0.571. The summed E-state index contributed by atoms with van der Waals surface area (Å²) in [6.07, 6.45) is 1.04. The first kappa shape index (κ1) is 10.1. The van der Waals surface area contributed by atoms with Crippen molar-refractivity contribution in [2.24, 2.45) is 0 Å². The number of amides is 1. The van der Waals surface area contributed by atoms with E-state index in [0.717, 1.165) is 0 Å². The van der Waals surface area contributed by atoms with Crippen molar-refractivity contribution >= 4 is 5.91 Å². The van der Waals surface area contributed by atoms with Crippen LogP contribution >= 0.6 is 0 Å². The smallest absolute Gasteiger partial charge is 0.220 e. The first-order valence-corrected chi connectivity index (χ1v) is 3.51. The topological polar surface area (TPSA) is 61.4 Å². The van der Waals surface area contributed by atoms with E-state index >= 15 is 0 Å². The van der Waals surface area contributed by atoms with E-state index in [4.69, 9.17) is 5.11 Å². The van der Waals surface area contributed by atoms with Crippen LogP contribution in [0.3, 0.4) is 0 Å². The van der Waals surface area contributed by atoms with Crippen LogP contribution < -0.4 is 10.6 Å². The van der Waals surface area contributed by atoms with Gasteiger partial charge in [0.05, 0.1) is 6.67 Å². The molecule has 0 aliphatic rings. The highest BCUT2D eigenvalue weighted by Crippen LogP contribution is 1.75. The Morgan fingerprint density at radius 1 is 1.82 bits per heavy atom. The molecule has 0 spiro atoms. The maximum absolute atomic E-state index is 10.6. The molecule has 0 bridgehead atoms. The summed E-state index contributed by atoms with van der Waals surface area (Å²) in [7, 11) is 0. The van der Waals surface area contributed by atoms with Gasteiger partial charge in [-0.2, -0.15) is 0 Å². The average Bonchev–Trinajstić information content (AvgIpc) is 2.04. The SMILES string of the molecule is C=CC(O)NCNC(=O)CC. The maximum Gasteiger partial charge on any atom is 0.220 e. The normalized spacial score (nSPS) is 12.2. The van der Waals surface area contributed by atoms with Gasteiger partial charge in [-0.05, 0) is 6.08 Å². The molecule has 0 aromatic carbocycles. The van der Waals surface area contributed by atoms with Gasteiger partial charge in [0.1, 0.15) is 6.23 Å². The van der Waals surface area contributed by atoms with Crippen LogP contribution in [0.25, 0.3) is 0 Å². The fourth-order valence-electron chi connectivity index (χ4n) is 0.463. The van der Waals surface area contributed by atoms with E-state index < -0.39 is 6.23 Å². The number of carbonyl (C=O) groups is 1. The Kier molecular flexibility index (Phi) is 5.42. The summed E-state index contributed by atoms with van der Waals surface area (Å²) in [6, 6.07) is 0. The number of aliphatic hydroxyl groups is 1. The van der Waals surface area contributed by atoms with Crippen LogP contribution in [0, 0.1) is 0 Å². The zero-order valence-corrected chi connectivity index (χ0v) is 6.63. The van der Waals surface area contributed by atoms with Crippen LogP contribution in [-0.4, -0.2) is 23.9 Å². The molecule has 1 unspecified atom stereocenters. The lowest BCUT2D eigenvalue weighted by atomic mass is 10.4. The van der Waals surface area contributed by atoms with Gasteiger partial charge in [0.2, 0.25) is 5.91 Å². The zero-order chi connectivity index (χ0) is 8.69. The molecular weight excluding hydrogens is 144 g/mol. The molecule has 4 nitrogen and oxygen atoms in total. The summed E-state index contributed by atoms with van der Waals surface area (Å²) >= 11 is 0. The van der Waals surface area contributed by atoms with Crippen LogP contribution in [0.1, 0.15) is 13.3 Å². The second-order valence-corrected chi connectivity index (χ2v) is 2.01. The number of hydrogen-bond acceptors (Lipinski definition) is 3. The van der Waals surface area contributed by atoms with Gasteiger partial charge in [-0.25, -0.2) is 0 Å². The molecule has 0 saturated carbocycles. The van der Waals surface area contributed by atoms with Gasteiger partial charge in [-0.3, -0.25) is 10.1 Å². The molecule has 0 heterocycles. The molecule has 64 valence electrons. The minimum absolute atomic E-state index is 0.0474. The first-order valence-electron chi connectivity index (χ1n) is 3.51. The molecule has 0 aromatic heterocycles. The maximum atomic E-state index is 10.6. The molecule has 0 aliphatic carbocycles. The zero-order valence-electron chi connectivity index (χ0n) is 6.63. The summed E-state index contributed by atoms with van der Waals surface area (Å²) in [4.78, 5) is 10.6. The number of rotatable bonds is 5. The van der Waals surface area contributed by atoms with Gasteiger partial charge in [0.15, 0.2) is 0 Å².